The number of aryl methyl sites for hydroxylation is 2. The van der Waals surface area contributed by atoms with Crippen molar-refractivity contribution in [2.45, 2.75) is 59.5 Å². The summed E-state index contributed by atoms with van der Waals surface area (Å²) < 4.78 is 0. The smallest absolute Gasteiger partial charge is 0.0451 e. The zero-order chi connectivity index (χ0) is 15.4. The summed E-state index contributed by atoms with van der Waals surface area (Å²) in [6.45, 7) is 14.7. The minimum absolute atomic E-state index is 0.454. The van der Waals surface area contributed by atoms with E-state index in [1.54, 1.807) is 0 Å². The first-order valence-electron chi connectivity index (χ1n) is 8.55. The van der Waals surface area contributed by atoms with Gasteiger partial charge >= 0.3 is 0 Å². The number of rotatable bonds is 8. The molecule has 2 heteroatoms. The normalized spacial score (nSPS) is 16.7. The van der Waals surface area contributed by atoms with Gasteiger partial charge in [0.15, 0.2) is 0 Å². The van der Waals surface area contributed by atoms with Crippen molar-refractivity contribution in [1.29, 1.82) is 0 Å². The van der Waals surface area contributed by atoms with E-state index in [0.717, 1.165) is 25.0 Å². The van der Waals surface area contributed by atoms with Gasteiger partial charge in [0.1, 0.15) is 0 Å². The Kier molecular flexibility index (Phi) is 5.83. The summed E-state index contributed by atoms with van der Waals surface area (Å²) in [6, 6.07) is 8.16. The first kappa shape index (κ1) is 16.5. The van der Waals surface area contributed by atoms with Crippen LogP contribution in [0.2, 0.25) is 0 Å². The first-order valence-corrected chi connectivity index (χ1v) is 8.55. The second-order valence-electron chi connectivity index (χ2n) is 7.05. The fourth-order valence-corrected chi connectivity index (χ4v) is 3.25. The van der Waals surface area contributed by atoms with Gasteiger partial charge < -0.3 is 5.32 Å². The molecule has 0 spiro atoms. The zero-order valence-corrected chi connectivity index (χ0v) is 14.4. The molecular weight excluding hydrogens is 256 g/mol. The Labute approximate surface area is 130 Å². The molecule has 0 amide bonds. The Bertz CT molecular complexity index is 449. The van der Waals surface area contributed by atoms with Crippen molar-refractivity contribution in [2.24, 2.45) is 5.92 Å². The Balaban J connectivity index is 2.13. The molecule has 1 atom stereocenters. The van der Waals surface area contributed by atoms with Crippen LogP contribution in [0, 0.1) is 19.8 Å². The van der Waals surface area contributed by atoms with Gasteiger partial charge in [-0.05, 0) is 50.3 Å². The molecule has 118 valence electrons. The van der Waals surface area contributed by atoms with Crippen molar-refractivity contribution < 1.29 is 0 Å². The lowest BCUT2D eigenvalue weighted by molar-refractivity contribution is 0.209. The molecule has 1 N–H and O–H groups in total. The highest BCUT2D eigenvalue weighted by Crippen LogP contribution is 2.30. The van der Waals surface area contributed by atoms with Crippen molar-refractivity contribution in [2.75, 3.05) is 19.6 Å². The summed E-state index contributed by atoms with van der Waals surface area (Å²) in [5.41, 5.74) is 4.24. The molecule has 1 aliphatic rings. The molecule has 1 aromatic carbocycles. The molecule has 0 bridgehead atoms. The van der Waals surface area contributed by atoms with E-state index in [4.69, 9.17) is 0 Å². The van der Waals surface area contributed by atoms with E-state index in [1.807, 2.05) is 0 Å². The van der Waals surface area contributed by atoms with Gasteiger partial charge in [0.2, 0.25) is 0 Å². The number of hydrogen-bond acceptors (Lipinski definition) is 2. The highest BCUT2D eigenvalue weighted by molar-refractivity contribution is 5.33. The van der Waals surface area contributed by atoms with Crippen LogP contribution in [-0.2, 0) is 0 Å². The molecule has 1 aromatic rings. The Morgan fingerprint density at radius 3 is 2.43 bits per heavy atom. The van der Waals surface area contributed by atoms with Gasteiger partial charge in [-0.1, -0.05) is 44.5 Å². The standard InChI is InChI=1S/C19H32N2/c1-6-20-19(18-10-7-15(4)11-16(18)5)13-21(12-14(2)3)17-8-9-17/h7,10-11,14,17,19-20H,6,8-9,12-13H2,1-5H3. The maximum Gasteiger partial charge on any atom is 0.0451 e. The van der Waals surface area contributed by atoms with E-state index < -0.39 is 0 Å². The second kappa shape index (κ2) is 7.42. The molecule has 0 aliphatic heterocycles. The maximum absolute atomic E-state index is 3.70. The zero-order valence-electron chi connectivity index (χ0n) is 14.4. The largest absolute Gasteiger partial charge is 0.309 e. The van der Waals surface area contributed by atoms with Gasteiger partial charge in [0.25, 0.3) is 0 Å². The predicted octanol–water partition coefficient (Wildman–Crippen LogP) is 4.07. The highest BCUT2D eigenvalue weighted by Gasteiger charge is 2.31. The van der Waals surface area contributed by atoms with E-state index in [1.165, 1.54) is 36.1 Å². The Morgan fingerprint density at radius 2 is 1.90 bits per heavy atom. The molecule has 1 fully saturated rings. The molecule has 1 aliphatic carbocycles. The van der Waals surface area contributed by atoms with Gasteiger partial charge in [-0.15, -0.1) is 0 Å². The van der Waals surface area contributed by atoms with E-state index in [9.17, 15) is 0 Å². The topological polar surface area (TPSA) is 15.3 Å². The molecule has 2 rings (SSSR count). The highest BCUT2D eigenvalue weighted by atomic mass is 15.2. The van der Waals surface area contributed by atoms with Crippen LogP contribution < -0.4 is 5.32 Å². The quantitative estimate of drug-likeness (QED) is 0.775. The van der Waals surface area contributed by atoms with E-state index in [2.05, 4.69) is 63.0 Å². The second-order valence-corrected chi connectivity index (χ2v) is 7.05. The fourth-order valence-electron chi connectivity index (χ4n) is 3.25. The number of likely N-dealkylation sites (N-methyl/N-ethyl adjacent to an activating group) is 1. The summed E-state index contributed by atoms with van der Waals surface area (Å²) in [6.07, 6.45) is 2.77. The lowest BCUT2D eigenvalue weighted by Gasteiger charge is -2.30. The van der Waals surface area contributed by atoms with Crippen molar-refractivity contribution in [1.82, 2.24) is 10.2 Å². The molecule has 0 saturated heterocycles. The summed E-state index contributed by atoms with van der Waals surface area (Å²) in [7, 11) is 0. The van der Waals surface area contributed by atoms with Gasteiger partial charge in [0, 0.05) is 25.2 Å². The Morgan fingerprint density at radius 1 is 1.19 bits per heavy atom. The van der Waals surface area contributed by atoms with E-state index in [-0.39, 0.29) is 0 Å². The monoisotopic (exact) mass is 288 g/mol. The SMILES string of the molecule is CCNC(CN(CC(C)C)C1CC1)c1ccc(C)cc1C. The van der Waals surface area contributed by atoms with Gasteiger partial charge in [-0.25, -0.2) is 0 Å². The van der Waals surface area contributed by atoms with Crippen LogP contribution in [0.1, 0.15) is 56.3 Å². The van der Waals surface area contributed by atoms with Crippen molar-refractivity contribution in [3.8, 4) is 0 Å². The minimum atomic E-state index is 0.454. The number of nitrogens with zero attached hydrogens (tertiary/aromatic N) is 1. The number of hydrogen-bond donors (Lipinski definition) is 1. The van der Waals surface area contributed by atoms with Gasteiger partial charge in [0.05, 0.1) is 0 Å². The van der Waals surface area contributed by atoms with Gasteiger partial charge in [-0.2, -0.15) is 0 Å². The van der Waals surface area contributed by atoms with Crippen LogP contribution in [0.5, 0.6) is 0 Å². The summed E-state index contributed by atoms with van der Waals surface area (Å²) in [5, 5.41) is 3.70. The lowest BCUT2D eigenvalue weighted by Crippen LogP contribution is -2.38. The molecule has 0 radical (unpaired) electrons. The molecule has 1 saturated carbocycles. The van der Waals surface area contributed by atoms with Crippen LogP contribution in [0.4, 0.5) is 0 Å². The van der Waals surface area contributed by atoms with Crippen LogP contribution in [0.3, 0.4) is 0 Å². The average Bonchev–Trinajstić information content (AvgIpc) is 3.21. The minimum Gasteiger partial charge on any atom is -0.309 e. The molecule has 2 nitrogen and oxygen atoms in total. The summed E-state index contributed by atoms with van der Waals surface area (Å²) >= 11 is 0. The van der Waals surface area contributed by atoms with Crippen molar-refractivity contribution in [3.63, 3.8) is 0 Å². The van der Waals surface area contributed by atoms with Crippen LogP contribution >= 0.6 is 0 Å². The van der Waals surface area contributed by atoms with Crippen molar-refractivity contribution in [3.05, 3.63) is 34.9 Å². The van der Waals surface area contributed by atoms with Gasteiger partial charge in [-0.3, -0.25) is 4.90 Å². The molecular formula is C19H32N2. The lowest BCUT2D eigenvalue weighted by atomic mass is 9.98. The van der Waals surface area contributed by atoms with Crippen LogP contribution in [-0.4, -0.2) is 30.6 Å². The number of nitrogens with one attached hydrogen (secondary N) is 1. The molecule has 21 heavy (non-hydrogen) atoms. The molecule has 1 unspecified atom stereocenters. The first-order chi connectivity index (χ1) is 10.0. The molecule has 0 heterocycles. The van der Waals surface area contributed by atoms with Crippen molar-refractivity contribution >= 4 is 0 Å². The van der Waals surface area contributed by atoms with Crippen LogP contribution in [0.15, 0.2) is 18.2 Å². The fraction of sp³-hybridized carbons (Fsp3) is 0.684. The third-order valence-corrected chi connectivity index (χ3v) is 4.33. The predicted molar refractivity (Wildman–Crippen MR) is 91.8 cm³/mol. The number of benzene rings is 1. The Hall–Kier alpha value is -0.860. The van der Waals surface area contributed by atoms with Crippen LogP contribution in [0.25, 0.3) is 0 Å². The molecule has 0 aromatic heterocycles. The third-order valence-electron chi connectivity index (χ3n) is 4.33. The van der Waals surface area contributed by atoms with E-state index >= 15 is 0 Å². The maximum atomic E-state index is 3.70. The average molecular weight is 288 g/mol. The third kappa shape index (κ3) is 4.82. The summed E-state index contributed by atoms with van der Waals surface area (Å²) in [4.78, 5) is 2.71. The van der Waals surface area contributed by atoms with E-state index in [0.29, 0.717) is 6.04 Å². The summed E-state index contributed by atoms with van der Waals surface area (Å²) in [5.74, 6) is 0.743.